The van der Waals surface area contributed by atoms with Gasteiger partial charge >= 0.3 is 6.61 Å². The van der Waals surface area contributed by atoms with E-state index >= 15 is 4.39 Å². The second-order valence-electron chi connectivity index (χ2n) is 9.76. The van der Waals surface area contributed by atoms with Crippen molar-refractivity contribution in [2.45, 2.75) is 25.9 Å². The summed E-state index contributed by atoms with van der Waals surface area (Å²) in [7, 11) is 3.31. The van der Waals surface area contributed by atoms with E-state index in [9.17, 15) is 23.1 Å². The zero-order valence-corrected chi connectivity index (χ0v) is 23.2. The Morgan fingerprint density at radius 2 is 1.88 bits per heavy atom. The standard InChI is InChI=1S/C31H31F4N3O4/c1-38(2)29(40)7-4-12-36-13-14-41-28-18-37-26(17-25(28)33)30-22(6-3-5-19-15-21(39)9-10-23(19)30)20-8-11-27(24(32)16-20)42-31(34)35/h4,7-11,15-18,31,36,39H,3,5-6,12-14H2,1-2H3/b7-4+. The lowest BCUT2D eigenvalue weighted by atomic mass is 9.90. The number of pyridine rings is 1. The van der Waals surface area contributed by atoms with Crippen molar-refractivity contribution >= 4 is 17.1 Å². The molecule has 3 aromatic rings. The van der Waals surface area contributed by atoms with Crippen LogP contribution in [-0.2, 0) is 11.2 Å². The van der Waals surface area contributed by atoms with Crippen molar-refractivity contribution in [3.63, 3.8) is 0 Å². The molecule has 1 heterocycles. The first-order valence-corrected chi connectivity index (χ1v) is 13.3. The molecule has 7 nitrogen and oxygen atoms in total. The number of rotatable bonds is 11. The maximum atomic E-state index is 15.3. The Labute approximate surface area is 241 Å². The van der Waals surface area contributed by atoms with Crippen LogP contribution >= 0.6 is 0 Å². The summed E-state index contributed by atoms with van der Waals surface area (Å²) in [5, 5.41) is 13.1. The number of nitrogens with one attached hydrogen (secondary N) is 1. The van der Waals surface area contributed by atoms with Crippen molar-refractivity contribution in [2.24, 2.45) is 0 Å². The van der Waals surface area contributed by atoms with Gasteiger partial charge < -0.3 is 24.8 Å². The number of alkyl halides is 2. The van der Waals surface area contributed by atoms with Gasteiger partial charge in [-0.25, -0.2) is 8.78 Å². The van der Waals surface area contributed by atoms with E-state index in [4.69, 9.17) is 4.74 Å². The average molecular weight is 586 g/mol. The molecule has 0 saturated heterocycles. The molecule has 2 aromatic carbocycles. The lowest BCUT2D eigenvalue weighted by Crippen LogP contribution is -2.22. The number of amides is 1. The number of aromatic nitrogens is 1. The van der Waals surface area contributed by atoms with E-state index in [0.717, 1.165) is 17.7 Å². The number of halogens is 4. The van der Waals surface area contributed by atoms with E-state index in [0.29, 0.717) is 54.6 Å². The summed E-state index contributed by atoms with van der Waals surface area (Å²) in [5.41, 5.74) is 3.38. The third kappa shape index (κ3) is 7.67. The maximum absolute atomic E-state index is 15.3. The minimum absolute atomic E-state index is 0.0554. The predicted molar refractivity (Wildman–Crippen MR) is 150 cm³/mol. The molecule has 0 spiro atoms. The van der Waals surface area contributed by atoms with Crippen LogP contribution < -0.4 is 14.8 Å². The molecule has 0 aliphatic heterocycles. The van der Waals surface area contributed by atoms with Gasteiger partial charge in [-0.05, 0) is 65.8 Å². The highest BCUT2D eigenvalue weighted by molar-refractivity contribution is 5.99. The number of aryl methyl sites for hydroxylation is 1. The smallest absolute Gasteiger partial charge is 0.387 e. The van der Waals surface area contributed by atoms with Gasteiger partial charge in [-0.1, -0.05) is 18.2 Å². The van der Waals surface area contributed by atoms with Crippen molar-refractivity contribution < 1.29 is 36.9 Å². The van der Waals surface area contributed by atoms with Gasteiger partial charge in [0.2, 0.25) is 5.91 Å². The maximum Gasteiger partial charge on any atom is 0.387 e. The third-order valence-electron chi connectivity index (χ3n) is 6.60. The molecule has 0 radical (unpaired) electrons. The quantitative estimate of drug-likeness (QED) is 0.174. The summed E-state index contributed by atoms with van der Waals surface area (Å²) in [5.74, 6) is -2.29. The zero-order valence-electron chi connectivity index (χ0n) is 23.2. The lowest BCUT2D eigenvalue weighted by Gasteiger charge is -2.17. The predicted octanol–water partition coefficient (Wildman–Crippen LogP) is 5.58. The first kappa shape index (κ1) is 30.6. The van der Waals surface area contributed by atoms with Crippen LogP contribution in [0, 0.1) is 11.6 Å². The van der Waals surface area contributed by atoms with Crippen molar-refractivity contribution in [1.82, 2.24) is 15.2 Å². The van der Waals surface area contributed by atoms with Crippen LogP contribution in [0.3, 0.4) is 0 Å². The highest BCUT2D eigenvalue weighted by Crippen LogP contribution is 2.41. The summed E-state index contributed by atoms with van der Waals surface area (Å²) in [6, 6.07) is 9.81. The molecule has 0 bridgehead atoms. The highest BCUT2D eigenvalue weighted by atomic mass is 19.3. The van der Waals surface area contributed by atoms with Crippen LogP contribution in [0.25, 0.3) is 11.1 Å². The number of hydrogen-bond acceptors (Lipinski definition) is 6. The first-order valence-electron chi connectivity index (χ1n) is 13.3. The topological polar surface area (TPSA) is 83.9 Å². The van der Waals surface area contributed by atoms with Gasteiger partial charge in [0, 0.05) is 44.9 Å². The SMILES string of the molecule is CN(C)C(=O)/C=C/CNCCOc1cnc(C2=C(c3ccc(OC(F)F)c(F)c3)CCCc3cc(O)ccc32)cc1F. The Hall–Kier alpha value is -4.38. The number of hydrogen-bond donors (Lipinski definition) is 2. The van der Waals surface area contributed by atoms with E-state index in [1.807, 2.05) is 0 Å². The molecule has 2 N–H and O–H groups in total. The highest BCUT2D eigenvalue weighted by Gasteiger charge is 2.23. The van der Waals surface area contributed by atoms with E-state index in [2.05, 4.69) is 15.0 Å². The molecular weight excluding hydrogens is 554 g/mol. The first-order chi connectivity index (χ1) is 20.1. The van der Waals surface area contributed by atoms with Crippen LogP contribution in [0.4, 0.5) is 17.6 Å². The number of nitrogens with zero attached hydrogens (tertiary/aromatic N) is 2. The van der Waals surface area contributed by atoms with Crippen molar-refractivity contribution in [3.05, 3.63) is 94.8 Å². The third-order valence-corrected chi connectivity index (χ3v) is 6.60. The molecule has 0 atom stereocenters. The number of ether oxygens (including phenoxy) is 2. The second-order valence-corrected chi connectivity index (χ2v) is 9.76. The number of allylic oxidation sites excluding steroid dienone is 1. The summed E-state index contributed by atoms with van der Waals surface area (Å²) in [6.45, 7) is -2.19. The normalized spacial score (nSPS) is 13.3. The monoisotopic (exact) mass is 585 g/mol. The number of aromatic hydroxyl groups is 1. The molecule has 1 amide bonds. The van der Waals surface area contributed by atoms with Gasteiger partial charge in [0.1, 0.15) is 12.4 Å². The number of benzene rings is 2. The Bertz CT molecular complexity index is 1490. The van der Waals surface area contributed by atoms with Crippen LogP contribution in [0.2, 0.25) is 0 Å². The summed E-state index contributed by atoms with van der Waals surface area (Å²) < 4.78 is 65.1. The van der Waals surface area contributed by atoms with Gasteiger partial charge in [-0.15, -0.1) is 0 Å². The van der Waals surface area contributed by atoms with Gasteiger partial charge in [0.25, 0.3) is 0 Å². The fourth-order valence-corrected chi connectivity index (χ4v) is 4.62. The van der Waals surface area contributed by atoms with Crippen LogP contribution in [-0.4, -0.2) is 61.3 Å². The molecule has 42 heavy (non-hydrogen) atoms. The molecule has 0 unspecified atom stereocenters. The van der Waals surface area contributed by atoms with Gasteiger partial charge in [0.05, 0.1) is 11.9 Å². The second kappa shape index (κ2) is 14.0. The zero-order chi connectivity index (χ0) is 30.2. The average Bonchev–Trinajstić information content (AvgIpc) is 3.13. The van der Waals surface area contributed by atoms with Crippen LogP contribution in [0.5, 0.6) is 17.2 Å². The summed E-state index contributed by atoms with van der Waals surface area (Å²) in [4.78, 5) is 17.5. The molecule has 1 aromatic heterocycles. The largest absolute Gasteiger partial charge is 0.508 e. The van der Waals surface area contributed by atoms with Crippen LogP contribution in [0.1, 0.15) is 35.2 Å². The molecule has 0 fully saturated rings. The van der Waals surface area contributed by atoms with Gasteiger partial charge in [-0.2, -0.15) is 8.78 Å². The number of phenolic OH excluding ortho intramolecular Hbond substituents is 1. The number of carbonyl (C=O) groups excluding carboxylic acids is 1. The Balaban J connectivity index is 1.60. The Morgan fingerprint density at radius 1 is 1.10 bits per heavy atom. The van der Waals surface area contributed by atoms with Crippen molar-refractivity contribution in [2.75, 3.05) is 33.8 Å². The van der Waals surface area contributed by atoms with Crippen molar-refractivity contribution in [3.8, 4) is 17.2 Å². The summed E-state index contributed by atoms with van der Waals surface area (Å²) >= 11 is 0. The number of carbonyl (C=O) groups is 1. The number of likely N-dealkylation sites (N-methyl/N-ethyl adjacent to an activating group) is 1. The number of phenols is 1. The molecule has 1 aliphatic rings. The molecule has 0 saturated carbocycles. The Kier molecular flexibility index (Phi) is 10.2. The van der Waals surface area contributed by atoms with Gasteiger partial charge in [0.15, 0.2) is 23.1 Å². The fraction of sp³-hybridized carbons (Fsp3) is 0.290. The van der Waals surface area contributed by atoms with E-state index in [1.165, 1.54) is 35.4 Å². The van der Waals surface area contributed by atoms with E-state index in [-0.39, 0.29) is 29.7 Å². The molecule has 4 rings (SSSR count). The molecule has 222 valence electrons. The van der Waals surface area contributed by atoms with Crippen molar-refractivity contribution in [1.29, 1.82) is 0 Å². The van der Waals surface area contributed by atoms with Crippen LogP contribution in [0.15, 0.2) is 60.8 Å². The number of fused-ring (bicyclic) bond motifs is 1. The van der Waals surface area contributed by atoms with Gasteiger partial charge in [-0.3, -0.25) is 9.78 Å². The lowest BCUT2D eigenvalue weighted by molar-refractivity contribution is -0.123. The Morgan fingerprint density at radius 3 is 2.60 bits per heavy atom. The summed E-state index contributed by atoms with van der Waals surface area (Å²) in [6.07, 6.45) is 6.10. The fourth-order valence-electron chi connectivity index (χ4n) is 4.62. The van der Waals surface area contributed by atoms with E-state index < -0.39 is 24.0 Å². The van der Waals surface area contributed by atoms with E-state index in [1.54, 1.807) is 32.3 Å². The minimum Gasteiger partial charge on any atom is -0.508 e. The molecular formula is C31H31F4N3O4. The molecule has 1 aliphatic carbocycles. The minimum atomic E-state index is -3.17. The molecule has 11 heteroatoms.